The Morgan fingerprint density at radius 2 is 1.82 bits per heavy atom. The Kier molecular flexibility index (Phi) is 7.77. The molecule has 172 valence electrons. The molecular formula is C25H27N3O3S2. The molecule has 2 heterocycles. The molecule has 4 rings (SSSR count). The molecule has 1 aliphatic heterocycles. The van der Waals surface area contributed by atoms with Crippen LogP contribution in [0.2, 0.25) is 0 Å². The maximum atomic E-state index is 13.0. The van der Waals surface area contributed by atoms with Crippen molar-refractivity contribution in [2.75, 3.05) is 29.9 Å². The van der Waals surface area contributed by atoms with Gasteiger partial charge in [0.25, 0.3) is 5.91 Å². The summed E-state index contributed by atoms with van der Waals surface area (Å²) in [5, 5.41) is 6.98. The first kappa shape index (κ1) is 23.4. The van der Waals surface area contributed by atoms with Crippen LogP contribution in [0.1, 0.15) is 32.9 Å². The molecule has 1 aliphatic rings. The number of nitrogens with zero attached hydrogens (tertiary/aromatic N) is 2. The summed E-state index contributed by atoms with van der Waals surface area (Å²) in [6.45, 7) is 5.47. The molecule has 1 N–H and O–H groups in total. The minimum Gasteiger partial charge on any atom is -0.361 e. The number of aromatic nitrogens is 1. The third kappa shape index (κ3) is 6.00. The lowest BCUT2D eigenvalue weighted by molar-refractivity contribution is -0.130. The molecule has 33 heavy (non-hydrogen) atoms. The first-order valence-corrected chi connectivity index (χ1v) is 13.0. The van der Waals surface area contributed by atoms with Crippen LogP contribution in [-0.4, -0.2) is 46.5 Å². The second kappa shape index (κ2) is 10.9. The summed E-state index contributed by atoms with van der Waals surface area (Å²) in [6, 6.07) is 15.1. The van der Waals surface area contributed by atoms with E-state index in [0.29, 0.717) is 23.4 Å². The number of carbonyl (C=O) groups is 2. The van der Waals surface area contributed by atoms with Gasteiger partial charge in [-0.05, 0) is 43.7 Å². The number of rotatable bonds is 7. The number of benzene rings is 2. The quantitative estimate of drug-likeness (QED) is 0.481. The van der Waals surface area contributed by atoms with Crippen LogP contribution in [0.5, 0.6) is 0 Å². The molecule has 0 unspecified atom stereocenters. The van der Waals surface area contributed by atoms with E-state index in [0.717, 1.165) is 52.1 Å². The van der Waals surface area contributed by atoms with Crippen LogP contribution in [0, 0.1) is 13.8 Å². The zero-order chi connectivity index (χ0) is 23.2. The third-order valence-electron chi connectivity index (χ3n) is 5.62. The second-order valence-electron chi connectivity index (χ2n) is 7.91. The Balaban J connectivity index is 1.37. The summed E-state index contributed by atoms with van der Waals surface area (Å²) < 4.78 is 5.24. The van der Waals surface area contributed by atoms with E-state index in [-0.39, 0.29) is 11.8 Å². The van der Waals surface area contributed by atoms with Crippen molar-refractivity contribution in [2.45, 2.75) is 30.9 Å². The smallest absolute Gasteiger partial charge is 0.256 e. The fourth-order valence-corrected chi connectivity index (χ4v) is 5.75. The molecule has 0 aliphatic carbocycles. The topological polar surface area (TPSA) is 75.4 Å². The van der Waals surface area contributed by atoms with Crippen molar-refractivity contribution in [1.82, 2.24) is 10.1 Å². The Morgan fingerprint density at radius 1 is 1.09 bits per heavy atom. The molecule has 1 saturated heterocycles. The van der Waals surface area contributed by atoms with Crippen molar-refractivity contribution >= 4 is 41.0 Å². The molecule has 6 nitrogen and oxygen atoms in total. The SMILES string of the molecule is Cc1noc(C)c1CSc1ccccc1C(=O)Nc1ccc(CC(=O)N2CCSCC2)cc1. The maximum absolute atomic E-state index is 13.0. The Bertz CT molecular complexity index is 1100. The Labute approximate surface area is 202 Å². The standard InChI is InChI=1S/C25H27N3O3S2/c1-17-22(18(2)31-27-17)16-33-23-6-4-3-5-21(23)25(30)26-20-9-7-19(8-10-20)15-24(29)28-11-13-32-14-12-28/h3-10H,11-16H2,1-2H3,(H,26,30). The predicted octanol–water partition coefficient (Wildman–Crippen LogP) is 4.95. The molecule has 1 fully saturated rings. The van der Waals surface area contributed by atoms with Gasteiger partial charge in [0.2, 0.25) is 5.91 Å². The molecule has 8 heteroatoms. The van der Waals surface area contributed by atoms with Gasteiger partial charge in [0.15, 0.2) is 0 Å². The van der Waals surface area contributed by atoms with Gasteiger partial charge in [-0.2, -0.15) is 11.8 Å². The molecule has 0 radical (unpaired) electrons. The van der Waals surface area contributed by atoms with Crippen LogP contribution in [0.4, 0.5) is 5.69 Å². The van der Waals surface area contributed by atoms with Gasteiger partial charge in [-0.15, -0.1) is 11.8 Å². The maximum Gasteiger partial charge on any atom is 0.256 e. The van der Waals surface area contributed by atoms with Gasteiger partial charge in [0.1, 0.15) is 5.76 Å². The second-order valence-corrected chi connectivity index (χ2v) is 10.2. The summed E-state index contributed by atoms with van der Waals surface area (Å²) in [7, 11) is 0. The van der Waals surface area contributed by atoms with Crippen LogP contribution in [-0.2, 0) is 17.0 Å². The Hall–Kier alpha value is -2.71. The van der Waals surface area contributed by atoms with E-state index in [2.05, 4.69) is 10.5 Å². The zero-order valence-electron chi connectivity index (χ0n) is 18.8. The molecule has 3 aromatic rings. The summed E-state index contributed by atoms with van der Waals surface area (Å²) in [6.07, 6.45) is 0.389. The van der Waals surface area contributed by atoms with Crippen LogP contribution in [0.15, 0.2) is 57.9 Å². The van der Waals surface area contributed by atoms with Gasteiger partial charge in [0, 0.05) is 46.5 Å². The van der Waals surface area contributed by atoms with Crippen molar-refractivity contribution in [2.24, 2.45) is 0 Å². The molecule has 2 amide bonds. The Morgan fingerprint density at radius 3 is 2.52 bits per heavy atom. The monoisotopic (exact) mass is 481 g/mol. The van der Waals surface area contributed by atoms with Gasteiger partial charge in [-0.3, -0.25) is 9.59 Å². The van der Waals surface area contributed by atoms with E-state index >= 15 is 0 Å². The van der Waals surface area contributed by atoms with Gasteiger partial charge in [-0.1, -0.05) is 29.4 Å². The lowest BCUT2D eigenvalue weighted by Crippen LogP contribution is -2.38. The van der Waals surface area contributed by atoms with E-state index < -0.39 is 0 Å². The molecule has 0 saturated carbocycles. The van der Waals surface area contributed by atoms with Crippen molar-refractivity contribution in [1.29, 1.82) is 0 Å². The molecule has 0 bridgehead atoms. The molecule has 0 atom stereocenters. The normalized spacial score (nSPS) is 13.7. The first-order valence-electron chi connectivity index (χ1n) is 10.9. The van der Waals surface area contributed by atoms with Crippen molar-refractivity contribution in [3.05, 3.63) is 76.7 Å². The summed E-state index contributed by atoms with van der Waals surface area (Å²) >= 11 is 3.48. The number of thioether (sulfide) groups is 2. The van der Waals surface area contributed by atoms with E-state index in [1.807, 2.05) is 79.0 Å². The minimum absolute atomic E-state index is 0.161. The van der Waals surface area contributed by atoms with Gasteiger partial charge >= 0.3 is 0 Å². The number of carbonyl (C=O) groups excluding carboxylic acids is 2. The van der Waals surface area contributed by atoms with Gasteiger partial charge in [0.05, 0.1) is 17.7 Å². The highest BCUT2D eigenvalue weighted by Gasteiger charge is 2.17. The number of hydrogen-bond acceptors (Lipinski definition) is 6. The van der Waals surface area contributed by atoms with Crippen LogP contribution in [0.25, 0.3) is 0 Å². The fourth-order valence-electron chi connectivity index (χ4n) is 3.64. The molecular weight excluding hydrogens is 454 g/mol. The van der Waals surface area contributed by atoms with Crippen LogP contribution >= 0.6 is 23.5 Å². The third-order valence-corrected chi connectivity index (χ3v) is 7.66. The highest BCUT2D eigenvalue weighted by molar-refractivity contribution is 7.99. The van der Waals surface area contributed by atoms with Crippen molar-refractivity contribution in [3.63, 3.8) is 0 Å². The van der Waals surface area contributed by atoms with Gasteiger partial charge in [-0.25, -0.2) is 0 Å². The van der Waals surface area contributed by atoms with Crippen molar-refractivity contribution in [3.8, 4) is 0 Å². The van der Waals surface area contributed by atoms with E-state index in [1.54, 1.807) is 11.8 Å². The number of hydrogen-bond donors (Lipinski definition) is 1. The number of nitrogens with one attached hydrogen (secondary N) is 1. The van der Waals surface area contributed by atoms with Crippen LogP contribution < -0.4 is 5.32 Å². The first-order chi connectivity index (χ1) is 16.0. The zero-order valence-corrected chi connectivity index (χ0v) is 20.4. The number of aryl methyl sites for hydroxylation is 2. The van der Waals surface area contributed by atoms with Crippen molar-refractivity contribution < 1.29 is 14.1 Å². The highest BCUT2D eigenvalue weighted by atomic mass is 32.2. The minimum atomic E-state index is -0.161. The largest absolute Gasteiger partial charge is 0.361 e. The van der Waals surface area contributed by atoms with E-state index in [4.69, 9.17) is 4.52 Å². The highest BCUT2D eigenvalue weighted by Crippen LogP contribution is 2.29. The average Bonchev–Trinajstić information content (AvgIpc) is 3.16. The predicted molar refractivity (Wildman–Crippen MR) is 134 cm³/mol. The average molecular weight is 482 g/mol. The van der Waals surface area contributed by atoms with E-state index in [1.165, 1.54) is 0 Å². The molecule has 2 aromatic carbocycles. The number of amides is 2. The molecule has 0 spiro atoms. The summed E-state index contributed by atoms with van der Waals surface area (Å²) in [5.41, 5.74) is 4.21. The molecule has 1 aromatic heterocycles. The van der Waals surface area contributed by atoms with E-state index in [9.17, 15) is 9.59 Å². The lowest BCUT2D eigenvalue weighted by atomic mass is 10.1. The number of anilines is 1. The van der Waals surface area contributed by atoms with Gasteiger partial charge < -0.3 is 14.7 Å². The lowest BCUT2D eigenvalue weighted by Gasteiger charge is -2.26. The summed E-state index contributed by atoms with van der Waals surface area (Å²) in [5.74, 6) is 3.51. The summed E-state index contributed by atoms with van der Waals surface area (Å²) in [4.78, 5) is 28.3. The fraction of sp³-hybridized carbons (Fsp3) is 0.320. The van der Waals surface area contributed by atoms with Crippen LogP contribution in [0.3, 0.4) is 0 Å².